The Balaban J connectivity index is 0.00000126. The lowest BCUT2D eigenvalue weighted by Gasteiger charge is -2.10. The van der Waals surface area contributed by atoms with Crippen molar-refractivity contribution in [3.8, 4) is 0 Å². The van der Waals surface area contributed by atoms with Crippen LogP contribution in [0.1, 0.15) is 166 Å². The Morgan fingerprint density at radius 3 is 1.48 bits per heavy atom. The SMILES string of the molecule is CCCCCCCCCCCCC(=O)OC(=O)CCCCC(C)CCCCCCC.O=C(O)c1ccc(Cl)cc1. The lowest BCUT2D eigenvalue weighted by atomic mass is 9.96. The van der Waals surface area contributed by atoms with Crippen LogP contribution >= 0.6 is 11.6 Å². The summed E-state index contributed by atoms with van der Waals surface area (Å²) in [5.41, 5.74) is 0.254. The van der Waals surface area contributed by atoms with Gasteiger partial charge in [-0.15, -0.1) is 0 Å². The molecule has 5 nitrogen and oxygen atoms in total. The van der Waals surface area contributed by atoms with Gasteiger partial charge in [-0.05, 0) is 43.0 Å². The van der Waals surface area contributed by atoms with Crippen molar-refractivity contribution in [1.82, 2.24) is 0 Å². The van der Waals surface area contributed by atoms with E-state index < -0.39 is 5.97 Å². The fraction of sp³-hybridized carbons (Fsp3) is 0.735. The Morgan fingerprint density at radius 1 is 0.650 bits per heavy atom. The van der Waals surface area contributed by atoms with Gasteiger partial charge in [0.25, 0.3) is 0 Å². The third kappa shape index (κ3) is 25.1. The normalized spacial score (nSPS) is 11.4. The molecule has 1 aromatic rings. The smallest absolute Gasteiger partial charge is 0.335 e. The Labute approximate surface area is 249 Å². The van der Waals surface area contributed by atoms with Gasteiger partial charge in [-0.1, -0.05) is 142 Å². The Hall–Kier alpha value is -1.88. The van der Waals surface area contributed by atoms with Crippen LogP contribution < -0.4 is 0 Å². The molecule has 0 saturated heterocycles. The number of unbranched alkanes of at least 4 members (excludes halogenated alkanes) is 14. The van der Waals surface area contributed by atoms with Crippen LogP contribution in [0.2, 0.25) is 5.02 Å². The molecule has 1 atom stereocenters. The highest BCUT2D eigenvalue weighted by atomic mass is 35.5. The maximum atomic E-state index is 11.8. The van der Waals surface area contributed by atoms with Gasteiger partial charge in [0.15, 0.2) is 0 Å². The van der Waals surface area contributed by atoms with Gasteiger partial charge >= 0.3 is 17.9 Å². The maximum absolute atomic E-state index is 11.8. The van der Waals surface area contributed by atoms with Crippen molar-refractivity contribution in [3.05, 3.63) is 34.9 Å². The van der Waals surface area contributed by atoms with Crippen molar-refractivity contribution < 1.29 is 24.2 Å². The highest BCUT2D eigenvalue weighted by molar-refractivity contribution is 6.30. The third-order valence-corrected chi connectivity index (χ3v) is 7.43. The van der Waals surface area contributed by atoms with Crippen molar-refractivity contribution in [3.63, 3.8) is 0 Å². The fourth-order valence-corrected chi connectivity index (χ4v) is 4.71. The van der Waals surface area contributed by atoms with E-state index in [1.807, 2.05) is 0 Å². The minimum absolute atomic E-state index is 0.254. The van der Waals surface area contributed by atoms with Crippen molar-refractivity contribution in [2.24, 2.45) is 5.92 Å². The highest BCUT2D eigenvalue weighted by Gasteiger charge is 2.10. The van der Waals surface area contributed by atoms with Gasteiger partial charge in [-0.2, -0.15) is 0 Å². The molecule has 0 aromatic heterocycles. The first-order chi connectivity index (χ1) is 19.3. The molecule has 0 radical (unpaired) electrons. The molecule has 1 aromatic carbocycles. The number of benzene rings is 1. The van der Waals surface area contributed by atoms with Crippen LogP contribution in [-0.2, 0) is 14.3 Å². The molecular weight excluding hydrogens is 524 g/mol. The number of carbonyl (C=O) groups excluding carboxylic acids is 2. The molecule has 0 bridgehead atoms. The quantitative estimate of drug-likeness (QED) is 0.0790. The largest absolute Gasteiger partial charge is 0.478 e. The molecule has 0 heterocycles. The maximum Gasteiger partial charge on any atom is 0.335 e. The number of hydrogen-bond acceptors (Lipinski definition) is 4. The first-order valence-corrected chi connectivity index (χ1v) is 16.4. The highest BCUT2D eigenvalue weighted by Crippen LogP contribution is 2.18. The summed E-state index contributed by atoms with van der Waals surface area (Å²) in [5, 5.41) is 8.98. The van der Waals surface area contributed by atoms with Gasteiger partial charge in [0.05, 0.1) is 5.56 Å². The summed E-state index contributed by atoms with van der Waals surface area (Å²) < 4.78 is 4.96. The van der Waals surface area contributed by atoms with Crippen LogP contribution in [0.15, 0.2) is 24.3 Å². The topological polar surface area (TPSA) is 80.7 Å². The third-order valence-electron chi connectivity index (χ3n) is 7.18. The summed E-state index contributed by atoms with van der Waals surface area (Å²) in [4.78, 5) is 33.9. The summed E-state index contributed by atoms with van der Waals surface area (Å²) in [6, 6.07) is 6.02. The number of rotatable bonds is 23. The molecule has 1 rings (SSSR count). The van der Waals surface area contributed by atoms with Gasteiger partial charge in [0.1, 0.15) is 0 Å². The summed E-state index contributed by atoms with van der Waals surface area (Å²) in [7, 11) is 0. The van der Waals surface area contributed by atoms with Gasteiger partial charge in [-0.3, -0.25) is 9.59 Å². The predicted molar refractivity (Wildman–Crippen MR) is 167 cm³/mol. The van der Waals surface area contributed by atoms with E-state index in [2.05, 4.69) is 20.8 Å². The first kappa shape index (κ1) is 38.1. The van der Waals surface area contributed by atoms with Crippen LogP contribution in [0.5, 0.6) is 0 Å². The standard InChI is InChI=1S/C27H52O3.C7H5ClO2/c1-4-6-8-10-11-12-13-14-16-18-23-26(28)30-27(29)24-20-19-22-25(3)21-17-15-9-7-5-2;8-6-3-1-5(2-4-6)7(9)10/h25H,4-24H2,1-3H3;1-4H,(H,9,10). The second-order valence-electron chi connectivity index (χ2n) is 11.1. The van der Waals surface area contributed by atoms with Crippen LogP contribution in [0.4, 0.5) is 0 Å². The van der Waals surface area contributed by atoms with E-state index in [1.54, 1.807) is 12.1 Å². The molecule has 0 fully saturated rings. The van der Waals surface area contributed by atoms with E-state index in [4.69, 9.17) is 21.4 Å². The number of halogens is 1. The molecule has 0 aliphatic rings. The number of esters is 2. The average molecular weight is 581 g/mol. The van der Waals surface area contributed by atoms with Crippen molar-refractivity contribution in [2.45, 2.75) is 156 Å². The van der Waals surface area contributed by atoms with Gasteiger partial charge < -0.3 is 9.84 Å². The van der Waals surface area contributed by atoms with Gasteiger partial charge in [0.2, 0.25) is 0 Å². The van der Waals surface area contributed by atoms with E-state index in [1.165, 1.54) is 108 Å². The number of carbonyl (C=O) groups is 3. The predicted octanol–water partition coefficient (Wildman–Crippen LogP) is 11.0. The Morgan fingerprint density at radius 2 is 1.02 bits per heavy atom. The molecule has 1 N–H and O–H groups in total. The van der Waals surface area contributed by atoms with Crippen LogP contribution in [0.25, 0.3) is 0 Å². The zero-order valence-electron chi connectivity index (χ0n) is 25.7. The molecule has 1 unspecified atom stereocenters. The van der Waals surface area contributed by atoms with E-state index in [-0.39, 0.29) is 17.5 Å². The van der Waals surface area contributed by atoms with Gasteiger partial charge in [-0.25, -0.2) is 4.79 Å². The fourth-order valence-electron chi connectivity index (χ4n) is 4.58. The molecular formula is C34H57ClO5. The molecule has 0 amide bonds. The number of ether oxygens (including phenoxy) is 1. The van der Waals surface area contributed by atoms with Crippen LogP contribution in [0.3, 0.4) is 0 Å². The Kier molecular flexibility index (Phi) is 26.0. The second kappa shape index (κ2) is 27.3. The summed E-state index contributed by atoms with van der Waals surface area (Å²) in [6.45, 7) is 6.81. The number of carboxylic acids is 1. The number of carboxylic acid groups (broad SMARTS) is 1. The molecule has 230 valence electrons. The van der Waals surface area contributed by atoms with Crippen molar-refractivity contribution in [2.75, 3.05) is 0 Å². The molecule has 6 heteroatoms. The zero-order chi connectivity index (χ0) is 29.8. The Bertz CT molecular complexity index is 762. The molecule has 0 saturated carbocycles. The lowest BCUT2D eigenvalue weighted by molar-refractivity contribution is -0.159. The average Bonchev–Trinajstić information content (AvgIpc) is 2.92. The lowest BCUT2D eigenvalue weighted by Crippen LogP contribution is -2.12. The van der Waals surface area contributed by atoms with Crippen molar-refractivity contribution in [1.29, 1.82) is 0 Å². The minimum atomic E-state index is -0.934. The monoisotopic (exact) mass is 580 g/mol. The van der Waals surface area contributed by atoms with Crippen molar-refractivity contribution >= 4 is 29.5 Å². The minimum Gasteiger partial charge on any atom is -0.478 e. The second-order valence-corrected chi connectivity index (χ2v) is 11.6. The number of aromatic carboxylic acids is 1. The van der Waals surface area contributed by atoms with E-state index in [0.717, 1.165) is 31.6 Å². The molecule has 0 aliphatic heterocycles. The van der Waals surface area contributed by atoms with E-state index >= 15 is 0 Å². The zero-order valence-corrected chi connectivity index (χ0v) is 26.5. The van der Waals surface area contributed by atoms with Gasteiger partial charge in [0, 0.05) is 17.9 Å². The van der Waals surface area contributed by atoms with E-state index in [0.29, 0.717) is 17.9 Å². The van der Waals surface area contributed by atoms with Crippen LogP contribution in [0, 0.1) is 5.92 Å². The molecule has 0 aliphatic carbocycles. The molecule has 0 spiro atoms. The summed E-state index contributed by atoms with van der Waals surface area (Å²) in [6.07, 6.45) is 24.2. The van der Waals surface area contributed by atoms with Crippen LogP contribution in [-0.4, -0.2) is 23.0 Å². The van der Waals surface area contributed by atoms with E-state index in [9.17, 15) is 14.4 Å². The molecule has 40 heavy (non-hydrogen) atoms. The first-order valence-electron chi connectivity index (χ1n) is 16.0. The summed E-state index contributed by atoms with van der Waals surface area (Å²) >= 11 is 5.52. The summed E-state index contributed by atoms with van der Waals surface area (Å²) in [5.74, 6) is -0.864. The number of hydrogen-bond donors (Lipinski definition) is 1.